The summed E-state index contributed by atoms with van der Waals surface area (Å²) in [4.78, 5) is 35.4. The average molecular weight is 370 g/mol. The Bertz CT molecular complexity index is 840. The van der Waals surface area contributed by atoms with Crippen molar-refractivity contribution in [2.45, 2.75) is 38.6 Å². The third-order valence-corrected chi connectivity index (χ3v) is 4.36. The van der Waals surface area contributed by atoms with Gasteiger partial charge in [0, 0.05) is 18.7 Å². The molecule has 0 bridgehead atoms. The molecule has 1 fully saturated rings. The van der Waals surface area contributed by atoms with E-state index in [1.807, 2.05) is 4.68 Å². The van der Waals surface area contributed by atoms with Crippen LogP contribution in [0.25, 0.3) is 0 Å². The number of benzene rings is 1. The van der Waals surface area contributed by atoms with E-state index >= 15 is 0 Å². The van der Waals surface area contributed by atoms with E-state index in [4.69, 9.17) is 4.74 Å². The molecule has 2 amide bonds. The van der Waals surface area contributed by atoms with Crippen molar-refractivity contribution in [2.24, 2.45) is 0 Å². The van der Waals surface area contributed by atoms with Gasteiger partial charge in [0.15, 0.2) is 6.61 Å². The number of amides is 2. The fraction of sp³-hybridized carbons (Fsp3) is 0.368. The van der Waals surface area contributed by atoms with Crippen LogP contribution in [-0.2, 0) is 14.3 Å². The van der Waals surface area contributed by atoms with Crippen molar-refractivity contribution in [1.82, 2.24) is 9.78 Å². The molecule has 1 aliphatic carbocycles. The molecule has 0 unspecified atom stereocenters. The summed E-state index contributed by atoms with van der Waals surface area (Å²) in [5, 5.41) is 9.62. The molecule has 8 heteroatoms. The van der Waals surface area contributed by atoms with Crippen LogP contribution >= 0.6 is 0 Å². The van der Waals surface area contributed by atoms with Gasteiger partial charge in [0.05, 0.1) is 17.8 Å². The van der Waals surface area contributed by atoms with Crippen LogP contribution in [0, 0.1) is 0 Å². The third-order valence-electron chi connectivity index (χ3n) is 4.36. The summed E-state index contributed by atoms with van der Waals surface area (Å²) in [6, 6.07) is 8.37. The van der Waals surface area contributed by atoms with E-state index in [2.05, 4.69) is 15.7 Å². The van der Waals surface area contributed by atoms with E-state index in [-0.39, 0.29) is 11.5 Å². The van der Waals surface area contributed by atoms with Gasteiger partial charge < -0.3 is 15.4 Å². The lowest BCUT2D eigenvalue weighted by Crippen LogP contribution is -2.23. The third kappa shape index (κ3) is 4.93. The highest BCUT2D eigenvalue weighted by atomic mass is 16.5. The number of nitrogens with one attached hydrogen (secondary N) is 2. The summed E-state index contributed by atoms with van der Waals surface area (Å²) in [7, 11) is 0. The Morgan fingerprint density at radius 2 is 1.96 bits per heavy atom. The summed E-state index contributed by atoms with van der Waals surface area (Å²) in [5.74, 6) is -0.697. The van der Waals surface area contributed by atoms with Crippen LogP contribution in [0.3, 0.4) is 0 Å². The second-order valence-electron chi connectivity index (χ2n) is 6.49. The Morgan fingerprint density at radius 3 is 2.70 bits per heavy atom. The van der Waals surface area contributed by atoms with Crippen LogP contribution in [0.2, 0.25) is 0 Å². The maximum atomic E-state index is 12.1. The van der Waals surface area contributed by atoms with E-state index in [9.17, 15) is 14.4 Å². The molecule has 27 heavy (non-hydrogen) atoms. The second kappa shape index (κ2) is 8.48. The molecule has 0 aliphatic heterocycles. The molecule has 1 heterocycles. The lowest BCUT2D eigenvalue weighted by Gasteiger charge is -2.14. The zero-order chi connectivity index (χ0) is 19.2. The number of esters is 1. The van der Waals surface area contributed by atoms with Crippen molar-refractivity contribution in [1.29, 1.82) is 0 Å². The molecule has 142 valence electrons. The topological polar surface area (TPSA) is 102 Å². The second-order valence-corrected chi connectivity index (χ2v) is 6.49. The van der Waals surface area contributed by atoms with Gasteiger partial charge in [0.2, 0.25) is 5.91 Å². The Morgan fingerprint density at radius 1 is 1.19 bits per heavy atom. The lowest BCUT2D eigenvalue weighted by atomic mass is 10.2. The first-order valence-corrected chi connectivity index (χ1v) is 8.91. The zero-order valence-corrected chi connectivity index (χ0v) is 15.1. The highest BCUT2D eigenvalue weighted by Gasteiger charge is 2.21. The quantitative estimate of drug-likeness (QED) is 0.761. The number of rotatable bonds is 6. The number of carbonyl (C=O) groups excluding carboxylic acids is 3. The Hall–Kier alpha value is -3.16. The van der Waals surface area contributed by atoms with Gasteiger partial charge in [-0.15, -0.1) is 0 Å². The van der Waals surface area contributed by atoms with Gasteiger partial charge in [-0.3, -0.25) is 9.59 Å². The first-order chi connectivity index (χ1) is 13.0. The lowest BCUT2D eigenvalue weighted by molar-refractivity contribution is -0.119. The van der Waals surface area contributed by atoms with E-state index in [1.54, 1.807) is 30.5 Å². The molecule has 0 saturated heterocycles. The van der Waals surface area contributed by atoms with Crippen LogP contribution in [0.5, 0.6) is 0 Å². The van der Waals surface area contributed by atoms with Crippen molar-refractivity contribution in [3.8, 4) is 0 Å². The standard InChI is InChI=1S/C19H22N4O4/c1-13(24)21-15-6-4-5-14(11-15)19(26)27-12-18(25)22-17-9-10-20-23(17)16-7-2-3-8-16/h4-6,9-11,16H,2-3,7-8,12H2,1H3,(H,21,24)(H,22,25). The molecule has 0 spiro atoms. The highest BCUT2D eigenvalue weighted by Crippen LogP contribution is 2.31. The summed E-state index contributed by atoms with van der Waals surface area (Å²) < 4.78 is 6.89. The molecule has 2 aromatic rings. The van der Waals surface area contributed by atoms with Crippen LogP contribution in [-0.4, -0.2) is 34.2 Å². The van der Waals surface area contributed by atoms with Crippen LogP contribution in [0.15, 0.2) is 36.5 Å². The fourth-order valence-electron chi connectivity index (χ4n) is 3.17. The molecule has 3 rings (SSSR count). The van der Waals surface area contributed by atoms with Crippen molar-refractivity contribution < 1.29 is 19.1 Å². The fourth-order valence-corrected chi connectivity index (χ4v) is 3.17. The predicted molar refractivity (Wildman–Crippen MR) is 99.4 cm³/mol. The maximum absolute atomic E-state index is 12.1. The largest absolute Gasteiger partial charge is 0.452 e. The van der Waals surface area contributed by atoms with Gasteiger partial charge in [0.1, 0.15) is 5.82 Å². The molecule has 0 radical (unpaired) electrons. The molecule has 1 aromatic heterocycles. The summed E-state index contributed by atoms with van der Waals surface area (Å²) in [5.41, 5.74) is 0.743. The van der Waals surface area contributed by atoms with Gasteiger partial charge >= 0.3 is 5.97 Å². The Balaban J connectivity index is 1.54. The van der Waals surface area contributed by atoms with Crippen LogP contribution in [0.1, 0.15) is 49.0 Å². The van der Waals surface area contributed by atoms with Gasteiger partial charge in [-0.1, -0.05) is 18.9 Å². The Labute approximate surface area is 156 Å². The first kappa shape index (κ1) is 18.6. The minimum atomic E-state index is -0.637. The number of carbonyl (C=O) groups is 3. The molecule has 8 nitrogen and oxygen atoms in total. The van der Waals surface area contributed by atoms with Crippen molar-refractivity contribution in [2.75, 3.05) is 17.2 Å². The van der Waals surface area contributed by atoms with E-state index in [0.29, 0.717) is 17.5 Å². The smallest absolute Gasteiger partial charge is 0.338 e. The number of anilines is 2. The Kier molecular flexibility index (Phi) is 5.85. The molecule has 1 saturated carbocycles. The molecule has 0 atom stereocenters. The molecule has 1 aromatic carbocycles. The van der Waals surface area contributed by atoms with Crippen molar-refractivity contribution in [3.63, 3.8) is 0 Å². The summed E-state index contributed by atoms with van der Waals surface area (Å²) in [6.45, 7) is 0.977. The monoisotopic (exact) mass is 370 g/mol. The van der Waals surface area contributed by atoms with Crippen LogP contribution < -0.4 is 10.6 Å². The average Bonchev–Trinajstić information content (AvgIpc) is 3.30. The van der Waals surface area contributed by atoms with Crippen molar-refractivity contribution >= 4 is 29.3 Å². The van der Waals surface area contributed by atoms with E-state index < -0.39 is 18.5 Å². The first-order valence-electron chi connectivity index (χ1n) is 8.91. The SMILES string of the molecule is CC(=O)Nc1cccc(C(=O)OCC(=O)Nc2ccnn2C2CCCC2)c1. The summed E-state index contributed by atoms with van der Waals surface area (Å²) in [6.07, 6.45) is 6.06. The summed E-state index contributed by atoms with van der Waals surface area (Å²) >= 11 is 0. The van der Waals surface area contributed by atoms with Gasteiger partial charge in [-0.2, -0.15) is 5.10 Å². The van der Waals surface area contributed by atoms with Gasteiger partial charge in [0.25, 0.3) is 5.91 Å². The highest BCUT2D eigenvalue weighted by molar-refractivity contribution is 5.96. The predicted octanol–water partition coefficient (Wildman–Crippen LogP) is 2.75. The molecule has 2 N–H and O–H groups in total. The number of ether oxygens (including phenoxy) is 1. The van der Waals surface area contributed by atoms with E-state index in [1.165, 1.54) is 13.0 Å². The number of hydrogen-bond donors (Lipinski definition) is 2. The normalized spacial score (nSPS) is 14.0. The molecular formula is C19H22N4O4. The minimum absolute atomic E-state index is 0.237. The number of nitrogens with zero attached hydrogens (tertiary/aromatic N) is 2. The number of hydrogen-bond acceptors (Lipinski definition) is 5. The van der Waals surface area contributed by atoms with Gasteiger partial charge in [-0.25, -0.2) is 9.48 Å². The van der Waals surface area contributed by atoms with E-state index in [0.717, 1.165) is 25.7 Å². The molecule has 1 aliphatic rings. The minimum Gasteiger partial charge on any atom is -0.452 e. The maximum Gasteiger partial charge on any atom is 0.338 e. The zero-order valence-electron chi connectivity index (χ0n) is 15.1. The van der Waals surface area contributed by atoms with Gasteiger partial charge in [-0.05, 0) is 31.0 Å². The van der Waals surface area contributed by atoms with Crippen LogP contribution in [0.4, 0.5) is 11.5 Å². The number of aromatic nitrogens is 2. The molecular weight excluding hydrogens is 348 g/mol. The van der Waals surface area contributed by atoms with Crippen molar-refractivity contribution in [3.05, 3.63) is 42.1 Å².